The van der Waals surface area contributed by atoms with Gasteiger partial charge in [0.2, 0.25) is 0 Å². The van der Waals surface area contributed by atoms with Gasteiger partial charge >= 0.3 is 0 Å². The Labute approximate surface area is 312 Å². The van der Waals surface area contributed by atoms with Crippen LogP contribution in [0.5, 0.6) is 0 Å². The third-order valence-electron chi connectivity index (χ3n) is 11.0. The number of furan rings is 1. The average Bonchev–Trinajstić information content (AvgIpc) is 3.59. The Balaban J connectivity index is 1.09. The van der Waals surface area contributed by atoms with Crippen molar-refractivity contribution in [1.82, 2.24) is 0 Å². The monoisotopic (exact) mass is 687 g/mol. The van der Waals surface area contributed by atoms with Gasteiger partial charge < -0.3 is 9.32 Å². The number of nitrogens with zero attached hydrogens (tertiary/aromatic N) is 1. The lowest BCUT2D eigenvalue weighted by atomic mass is 9.92. The standard InChI is InChI=1S/C52H33NO/c1-2-11-34(12-3-1)43-16-8-9-20-49(43)53(41-28-30-50-48(33-41)47-31-38-14-4-5-15-39(38)32-51(47)54-50)40-26-23-36(24-27-40)42-18-10-19-46-45(42)29-25-37-22-21-35-13-6-7-17-44(35)52(37)46/h1-33H. The summed E-state index contributed by atoms with van der Waals surface area (Å²) in [6, 6.07) is 72.3. The van der Waals surface area contributed by atoms with E-state index in [-0.39, 0.29) is 0 Å². The molecule has 252 valence electrons. The summed E-state index contributed by atoms with van der Waals surface area (Å²) < 4.78 is 6.43. The van der Waals surface area contributed by atoms with Crippen LogP contribution < -0.4 is 4.90 Å². The first-order valence-electron chi connectivity index (χ1n) is 18.5. The molecular weight excluding hydrogens is 655 g/mol. The summed E-state index contributed by atoms with van der Waals surface area (Å²) in [5.41, 5.74) is 9.79. The van der Waals surface area contributed by atoms with Crippen molar-refractivity contribution >= 4 is 82.1 Å². The first-order chi connectivity index (χ1) is 26.8. The van der Waals surface area contributed by atoms with E-state index >= 15 is 0 Å². The van der Waals surface area contributed by atoms with Gasteiger partial charge in [0.15, 0.2) is 0 Å². The van der Waals surface area contributed by atoms with Crippen molar-refractivity contribution < 1.29 is 4.42 Å². The van der Waals surface area contributed by atoms with Crippen molar-refractivity contribution in [3.8, 4) is 22.3 Å². The molecule has 2 heteroatoms. The third kappa shape index (κ3) is 4.88. The fourth-order valence-electron chi connectivity index (χ4n) is 8.45. The molecule has 0 aliphatic heterocycles. The second-order valence-corrected chi connectivity index (χ2v) is 14.1. The maximum Gasteiger partial charge on any atom is 0.136 e. The summed E-state index contributed by atoms with van der Waals surface area (Å²) >= 11 is 0. The van der Waals surface area contributed by atoms with Gasteiger partial charge in [-0.1, -0.05) is 152 Å². The van der Waals surface area contributed by atoms with Gasteiger partial charge in [-0.3, -0.25) is 0 Å². The molecule has 0 saturated heterocycles. The molecule has 0 fully saturated rings. The Hall–Kier alpha value is -7.16. The molecular formula is C52H33NO. The lowest BCUT2D eigenvalue weighted by Crippen LogP contribution is -2.11. The van der Waals surface area contributed by atoms with Crippen LogP contribution in [0.1, 0.15) is 0 Å². The molecule has 1 heterocycles. The van der Waals surface area contributed by atoms with Crippen LogP contribution in [-0.2, 0) is 0 Å². The Morgan fingerprint density at radius 3 is 1.81 bits per heavy atom. The van der Waals surface area contributed by atoms with E-state index in [1.165, 1.54) is 65.3 Å². The summed E-state index contributed by atoms with van der Waals surface area (Å²) in [7, 11) is 0. The Morgan fingerprint density at radius 1 is 0.315 bits per heavy atom. The number of rotatable bonds is 5. The first-order valence-corrected chi connectivity index (χ1v) is 18.5. The van der Waals surface area contributed by atoms with E-state index in [0.717, 1.165) is 39.0 Å². The maximum atomic E-state index is 6.43. The molecule has 10 aromatic carbocycles. The Morgan fingerprint density at radius 2 is 0.944 bits per heavy atom. The minimum Gasteiger partial charge on any atom is -0.456 e. The van der Waals surface area contributed by atoms with Crippen molar-refractivity contribution in [3.63, 3.8) is 0 Å². The van der Waals surface area contributed by atoms with Crippen molar-refractivity contribution in [2.75, 3.05) is 4.90 Å². The van der Waals surface area contributed by atoms with Crippen LogP contribution in [0, 0.1) is 0 Å². The number of hydrogen-bond acceptors (Lipinski definition) is 2. The zero-order valence-electron chi connectivity index (χ0n) is 29.4. The van der Waals surface area contributed by atoms with Crippen molar-refractivity contribution in [3.05, 3.63) is 200 Å². The molecule has 0 bridgehead atoms. The molecule has 0 saturated carbocycles. The average molecular weight is 688 g/mol. The molecule has 0 aliphatic carbocycles. The highest BCUT2D eigenvalue weighted by Crippen LogP contribution is 2.44. The van der Waals surface area contributed by atoms with Gasteiger partial charge in [-0.15, -0.1) is 0 Å². The zero-order valence-corrected chi connectivity index (χ0v) is 29.4. The van der Waals surface area contributed by atoms with Gasteiger partial charge in [0.05, 0.1) is 5.69 Å². The summed E-state index contributed by atoms with van der Waals surface area (Å²) in [6.07, 6.45) is 0. The fourth-order valence-corrected chi connectivity index (χ4v) is 8.45. The summed E-state index contributed by atoms with van der Waals surface area (Å²) in [6.45, 7) is 0. The number of fused-ring (bicyclic) bond motifs is 9. The van der Waals surface area contributed by atoms with E-state index in [0.29, 0.717) is 0 Å². The van der Waals surface area contributed by atoms with E-state index in [4.69, 9.17) is 4.42 Å². The largest absolute Gasteiger partial charge is 0.456 e. The molecule has 1 aromatic heterocycles. The van der Waals surface area contributed by atoms with E-state index in [9.17, 15) is 0 Å². The Bertz CT molecular complexity index is 3210. The number of anilines is 3. The number of hydrogen-bond donors (Lipinski definition) is 0. The molecule has 0 unspecified atom stereocenters. The highest BCUT2D eigenvalue weighted by Gasteiger charge is 2.20. The normalized spacial score (nSPS) is 11.7. The minimum absolute atomic E-state index is 0.881. The van der Waals surface area contributed by atoms with Crippen LogP contribution in [-0.4, -0.2) is 0 Å². The predicted octanol–water partition coefficient (Wildman–Crippen LogP) is 15.0. The maximum absolute atomic E-state index is 6.43. The van der Waals surface area contributed by atoms with Crippen LogP contribution in [0.4, 0.5) is 17.1 Å². The molecule has 0 aliphatic rings. The molecule has 0 N–H and O–H groups in total. The lowest BCUT2D eigenvalue weighted by Gasteiger charge is -2.28. The van der Waals surface area contributed by atoms with Gasteiger partial charge in [-0.25, -0.2) is 0 Å². The third-order valence-corrected chi connectivity index (χ3v) is 11.0. The van der Waals surface area contributed by atoms with Gasteiger partial charge in [0, 0.05) is 27.7 Å². The van der Waals surface area contributed by atoms with Crippen LogP contribution in [0.3, 0.4) is 0 Å². The summed E-state index contributed by atoms with van der Waals surface area (Å²) in [5, 5.41) is 12.2. The Kier molecular flexibility index (Phi) is 6.90. The zero-order chi connectivity index (χ0) is 35.6. The van der Waals surface area contributed by atoms with E-state index in [2.05, 4.69) is 205 Å². The van der Waals surface area contributed by atoms with Gasteiger partial charge in [0.25, 0.3) is 0 Å². The van der Waals surface area contributed by atoms with E-state index < -0.39 is 0 Å². The number of benzene rings is 10. The smallest absolute Gasteiger partial charge is 0.136 e. The topological polar surface area (TPSA) is 16.4 Å². The molecule has 11 aromatic rings. The SMILES string of the molecule is c1ccc(-c2ccccc2N(c2ccc(-c3cccc4c3ccc3ccc5ccccc5c34)cc2)c2ccc3oc4cc5ccccc5cc4c3c2)cc1. The quantitative estimate of drug-likeness (QED) is 0.168. The number of para-hydroxylation sites is 1. The molecule has 0 atom stereocenters. The van der Waals surface area contributed by atoms with Gasteiger partial charge in [-0.2, -0.15) is 0 Å². The highest BCUT2D eigenvalue weighted by molar-refractivity contribution is 6.22. The molecule has 2 nitrogen and oxygen atoms in total. The second kappa shape index (κ2) is 12.2. The van der Waals surface area contributed by atoms with E-state index in [1.54, 1.807) is 0 Å². The molecule has 0 amide bonds. The van der Waals surface area contributed by atoms with Crippen LogP contribution in [0.25, 0.3) is 87.3 Å². The lowest BCUT2D eigenvalue weighted by molar-refractivity contribution is 0.669. The van der Waals surface area contributed by atoms with Crippen LogP contribution in [0.15, 0.2) is 205 Å². The highest BCUT2D eigenvalue weighted by atomic mass is 16.3. The molecule has 0 spiro atoms. The van der Waals surface area contributed by atoms with Crippen molar-refractivity contribution in [1.29, 1.82) is 0 Å². The van der Waals surface area contributed by atoms with Crippen molar-refractivity contribution in [2.45, 2.75) is 0 Å². The van der Waals surface area contributed by atoms with Crippen LogP contribution >= 0.6 is 0 Å². The first kappa shape index (κ1) is 30.5. The summed E-state index contributed by atoms with van der Waals surface area (Å²) in [4.78, 5) is 2.38. The molecule has 11 rings (SSSR count). The van der Waals surface area contributed by atoms with Gasteiger partial charge in [0.1, 0.15) is 11.2 Å². The van der Waals surface area contributed by atoms with Crippen LogP contribution in [0.2, 0.25) is 0 Å². The minimum atomic E-state index is 0.881. The molecule has 0 radical (unpaired) electrons. The van der Waals surface area contributed by atoms with Gasteiger partial charge in [-0.05, 0) is 108 Å². The summed E-state index contributed by atoms with van der Waals surface area (Å²) in [5.74, 6) is 0. The molecule has 54 heavy (non-hydrogen) atoms. The predicted molar refractivity (Wildman–Crippen MR) is 229 cm³/mol. The second-order valence-electron chi connectivity index (χ2n) is 14.1. The van der Waals surface area contributed by atoms with E-state index in [1.807, 2.05) is 0 Å². The fraction of sp³-hybridized carbons (Fsp3) is 0. The van der Waals surface area contributed by atoms with Crippen molar-refractivity contribution in [2.24, 2.45) is 0 Å².